The summed E-state index contributed by atoms with van der Waals surface area (Å²) in [6.45, 7) is 5.27. The molecule has 0 unspecified atom stereocenters. The van der Waals surface area contributed by atoms with Gasteiger partial charge in [-0.1, -0.05) is 6.07 Å². The number of carboxylic acid groups (broad SMARTS) is 2. The van der Waals surface area contributed by atoms with E-state index in [1.807, 2.05) is 13.8 Å². The van der Waals surface area contributed by atoms with Crippen molar-refractivity contribution in [2.24, 2.45) is 0 Å². The third-order valence-corrected chi connectivity index (χ3v) is 4.27. The third kappa shape index (κ3) is 2.30. The molecule has 0 amide bonds. The SMILES string of the molecule is Cc1nc(-c2ccc(C(=O)O)c(C)c2C(=O)O)sc1C. The molecule has 0 aliphatic rings. The number of aromatic nitrogens is 1. The molecular weight excluding hydrogens is 278 g/mol. The lowest BCUT2D eigenvalue weighted by Crippen LogP contribution is -2.09. The van der Waals surface area contributed by atoms with Crippen LogP contribution in [0.5, 0.6) is 0 Å². The van der Waals surface area contributed by atoms with E-state index in [1.165, 1.54) is 30.4 Å². The van der Waals surface area contributed by atoms with Crippen molar-refractivity contribution in [2.75, 3.05) is 0 Å². The standard InChI is InChI=1S/C14H13NO4S/c1-6-9(13(16)17)4-5-10(11(6)14(18)19)12-15-7(2)8(3)20-12/h4-5H,1-3H3,(H,16,17)(H,18,19). The number of hydrogen-bond acceptors (Lipinski definition) is 4. The fourth-order valence-electron chi connectivity index (χ4n) is 1.99. The summed E-state index contributed by atoms with van der Waals surface area (Å²) < 4.78 is 0. The monoisotopic (exact) mass is 291 g/mol. The molecule has 0 aliphatic carbocycles. The summed E-state index contributed by atoms with van der Waals surface area (Å²) in [6.07, 6.45) is 0. The number of rotatable bonds is 3. The van der Waals surface area contributed by atoms with Crippen LogP contribution in [-0.2, 0) is 0 Å². The van der Waals surface area contributed by atoms with Crippen molar-refractivity contribution in [1.29, 1.82) is 0 Å². The highest BCUT2D eigenvalue weighted by molar-refractivity contribution is 7.15. The molecule has 0 atom stereocenters. The molecule has 0 aliphatic heterocycles. The highest BCUT2D eigenvalue weighted by atomic mass is 32.1. The molecule has 2 N–H and O–H groups in total. The van der Waals surface area contributed by atoms with E-state index >= 15 is 0 Å². The van der Waals surface area contributed by atoms with Crippen molar-refractivity contribution >= 4 is 23.3 Å². The van der Waals surface area contributed by atoms with Crippen LogP contribution in [0.2, 0.25) is 0 Å². The van der Waals surface area contributed by atoms with Gasteiger partial charge in [0.15, 0.2) is 0 Å². The summed E-state index contributed by atoms with van der Waals surface area (Å²) in [6, 6.07) is 2.93. The van der Waals surface area contributed by atoms with Crippen molar-refractivity contribution in [2.45, 2.75) is 20.8 Å². The van der Waals surface area contributed by atoms with Gasteiger partial charge in [-0.25, -0.2) is 14.6 Å². The van der Waals surface area contributed by atoms with Crippen LogP contribution < -0.4 is 0 Å². The number of hydrogen-bond donors (Lipinski definition) is 2. The first kappa shape index (κ1) is 14.2. The largest absolute Gasteiger partial charge is 0.478 e. The summed E-state index contributed by atoms with van der Waals surface area (Å²) >= 11 is 1.40. The van der Waals surface area contributed by atoms with Crippen molar-refractivity contribution in [3.63, 3.8) is 0 Å². The maximum Gasteiger partial charge on any atom is 0.336 e. The first-order valence-corrected chi connectivity index (χ1v) is 6.69. The molecule has 1 aromatic heterocycles. The smallest absolute Gasteiger partial charge is 0.336 e. The van der Waals surface area contributed by atoms with Gasteiger partial charge in [-0.3, -0.25) is 0 Å². The summed E-state index contributed by atoms with van der Waals surface area (Å²) in [5.74, 6) is -2.28. The lowest BCUT2D eigenvalue weighted by Gasteiger charge is -2.09. The van der Waals surface area contributed by atoms with Gasteiger partial charge in [0, 0.05) is 10.4 Å². The van der Waals surface area contributed by atoms with E-state index in [1.54, 1.807) is 0 Å². The van der Waals surface area contributed by atoms with Crippen LogP contribution in [0.4, 0.5) is 0 Å². The quantitative estimate of drug-likeness (QED) is 0.907. The number of carbonyl (C=O) groups is 2. The molecule has 6 heteroatoms. The summed E-state index contributed by atoms with van der Waals surface area (Å²) in [7, 11) is 0. The molecule has 104 valence electrons. The molecule has 20 heavy (non-hydrogen) atoms. The number of aromatic carboxylic acids is 2. The number of carboxylic acids is 2. The molecule has 2 aromatic rings. The normalized spacial score (nSPS) is 10.6. The maximum atomic E-state index is 11.5. The van der Waals surface area contributed by atoms with Crippen LogP contribution in [0.15, 0.2) is 12.1 Å². The molecule has 0 saturated carbocycles. The van der Waals surface area contributed by atoms with Gasteiger partial charge >= 0.3 is 11.9 Å². The number of thiazole rings is 1. The molecule has 2 rings (SSSR count). The number of nitrogens with zero attached hydrogens (tertiary/aromatic N) is 1. The fraction of sp³-hybridized carbons (Fsp3) is 0.214. The average Bonchev–Trinajstić information content (AvgIpc) is 2.68. The lowest BCUT2D eigenvalue weighted by molar-refractivity contribution is 0.0696. The van der Waals surface area contributed by atoms with Gasteiger partial charge in [0.1, 0.15) is 5.01 Å². The van der Waals surface area contributed by atoms with Gasteiger partial charge in [-0.15, -0.1) is 11.3 Å². The fourth-order valence-corrected chi connectivity index (χ4v) is 2.93. The lowest BCUT2D eigenvalue weighted by atomic mass is 9.97. The Morgan fingerprint density at radius 2 is 1.75 bits per heavy atom. The predicted octanol–water partition coefficient (Wildman–Crippen LogP) is 3.13. The summed E-state index contributed by atoms with van der Waals surface area (Å²) in [4.78, 5) is 27.9. The average molecular weight is 291 g/mol. The Balaban J connectivity index is 2.74. The third-order valence-electron chi connectivity index (χ3n) is 3.17. The Morgan fingerprint density at radius 1 is 1.10 bits per heavy atom. The Bertz CT molecular complexity index is 699. The highest BCUT2D eigenvalue weighted by Gasteiger charge is 2.22. The van der Waals surface area contributed by atoms with Crippen molar-refractivity contribution in [3.8, 4) is 10.6 Å². The van der Waals surface area contributed by atoms with Crippen LogP contribution in [0.25, 0.3) is 10.6 Å². The molecule has 0 saturated heterocycles. The minimum atomic E-state index is -1.15. The van der Waals surface area contributed by atoms with E-state index in [9.17, 15) is 14.7 Å². The first-order chi connectivity index (χ1) is 9.32. The summed E-state index contributed by atoms with van der Waals surface area (Å²) in [5.41, 5.74) is 1.55. The van der Waals surface area contributed by atoms with Crippen molar-refractivity contribution in [3.05, 3.63) is 39.4 Å². The molecular formula is C14H13NO4S. The van der Waals surface area contributed by atoms with E-state index in [4.69, 9.17) is 5.11 Å². The highest BCUT2D eigenvalue weighted by Crippen LogP contribution is 2.32. The zero-order chi connectivity index (χ0) is 15.0. The minimum absolute atomic E-state index is 0.00125. The molecule has 0 fully saturated rings. The zero-order valence-corrected chi connectivity index (χ0v) is 12.0. The van der Waals surface area contributed by atoms with E-state index in [-0.39, 0.29) is 16.7 Å². The molecule has 5 nitrogen and oxygen atoms in total. The van der Waals surface area contributed by atoms with Crippen molar-refractivity contribution in [1.82, 2.24) is 4.98 Å². The summed E-state index contributed by atoms with van der Waals surface area (Å²) in [5, 5.41) is 19.0. The second kappa shape index (κ2) is 5.05. The Hall–Kier alpha value is -2.21. The molecule has 0 radical (unpaired) electrons. The predicted molar refractivity (Wildman–Crippen MR) is 75.7 cm³/mol. The van der Waals surface area contributed by atoms with Gasteiger partial charge in [0.25, 0.3) is 0 Å². The second-order valence-corrected chi connectivity index (χ2v) is 5.63. The number of aryl methyl sites for hydroxylation is 2. The van der Waals surface area contributed by atoms with Gasteiger partial charge in [-0.2, -0.15) is 0 Å². The Morgan fingerprint density at radius 3 is 2.20 bits per heavy atom. The molecule has 0 bridgehead atoms. The van der Waals surface area contributed by atoms with Crippen molar-refractivity contribution < 1.29 is 19.8 Å². The molecule has 1 aromatic carbocycles. The van der Waals surface area contributed by atoms with Crippen LogP contribution in [0, 0.1) is 20.8 Å². The van der Waals surface area contributed by atoms with E-state index in [0.29, 0.717) is 10.6 Å². The zero-order valence-electron chi connectivity index (χ0n) is 11.2. The van der Waals surface area contributed by atoms with E-state index in [0.717, 1.165) is 10.6 Å². The van der Waals surface area contributed by atoms with Gasteiger partial charge in [0.05, 0.1) is 16.8 Å². The minimum Gasteiger partial charge on any atom is -0.478 e. The Kier molecular flexibility index (Phi) is 3.59. The van der Waals surface area contributed by atoms with Gasteiger partial charge in [-0.05, 0) is 32.4 Å². The van der Waals surface area contributed by atoms with Crippen LogP contribution in [-0.4, -0.2) is 27.1 Å². The maximum absolute atomic E-state index is 11.5. The molecule has 0 spiro atoms. The van der Waals surface area contributed by atoms with Crippen LogP contribution in [0.1, 0.15) is 36.9 Å². The Labute approximate surface area is 119 Å². The topological polar surface area (TPSA) is 87.5 Å². The first-order valence-electron chi connectivity index (χ1n) is 5.87. The van der Waals surface area contributed by atoms with Crippen LogP contribution in [0.3, 0.4) is 0 Å². The van der Waals surface area contributed by atoms with Gasteiger partial charge < -0.3 is 10.2 Å². The number of benzene rings is 1. The molecule has 1 heterocycles. The van der Waals surface area contributed by atoms with Gasteiger partial charge in [0.2, 0.25) is 0 Å². The van der Waals surface area contributed by atoms with Crippen LogP contribution >= 0.6 is 11.3 Å². The van der Waals surface area contributed by atoms with E-state index < -0.39 is 11.9 Å². The second-order valence-electron chi connectivity index (χ2n) is 4.43. The van der Waals surface area contributed by atoms with E-state index in [2.05, 4.69) is 4.98 Å².